The second kappa shape index (κ2) is 5.83. The fourth-order valence-corrected chi connectivity index (χ4v) is 3.15. The van der Waals surface area contributed by atoms with Gasteiger partial charge >= 0.3 is 6.55 Å². The molecular weight excluding hydrogens is 334 g/mol. The van der Waals surface area contributed by atoms with Crippen molar-refractivity contribution in [2.45, 2.75) is 32.7 Å². The Labute approximate surface area is 149 Å². The zero-order chi connectivity index (χ0) is 18.5. The second-order valence-corrected chi connectivity index (χ2v) is 7.32. The first-order chi connectivity index (χ1) is 12.4. The lowest BCUT2D eigenvalue weighted by Gasteiger charge is -2.16. The maximum absolute atomic E-state index is 13.7. The Morgan fingerprint density at radius 2 is 1.62 bits per heavy atom. The van der Waals surface area contributed by atoms with Crippen LogP contribution in [0.4, 0.5) is 8.78 Å². The van der Waals surface area contributed by atoms with E-state index in [1.165, 1.54) is 6.20 Å². The molecule has 0 bridgehead atoms. The van der Waals surface area contributed by atoms with Gasteiger partial charge in [0, 0.05) is 46.5 Å². The van der Waals surface area contributed by atoms with Crippen LogP contribution in [0, 0.1) is 0 Å². The average Bonchev–Trinajstić information content (AvgIpc) is 2.95. The molecule has 0 saturated heterocycles. The van der Waals surface area contributed by atoms with E-state index in [0.29, 0.717) is 16.4 Å². The number of hydrogen-bond donors (Lipinski definition) is 0. The van der Waals surface area contributed by atoms with Crippen LogP contribution in [0.15, 0.2) is 49.1 Å². The molecule has 0 N–H and O–H groups in total. The summed E-state index contributed by atoms with van der Waals surface area (Å²) in [5, 5.41) is 1.47. The van der Waals surface area contributed by atoms with Crippen LogP contribution in [0.1, 0.15) is 33.1 Å². The minimum absolute atomic E-state index is 0.141. The Bertz CT molecular complexity index is 1090. The molecule has 0 unspecified atom stereocenters. The average molecular weight is 352 g/mol. The zero-order valence-electron chi connectivity index (χ0n) is 14.7. The van der Waals surface area contributed by atoms with Crippen molar-refractivity contribution < 1.29 is 8.78 Å². The minimum atomic E-state index is -2.63. The summed E-state index contributed by atoms with van der Waals surface area (Å²) < 4.78 is 28.4. The molecule has 3 heterocycles. The molecule has 4 nitrogen and oxygen atoms in total. The molecule has 0 saturated carbocycles. The van der Waals surface area contributed by atoms with Gasteiger partial charge < -0.3 is 0 Å². The molecule has 132 valence electrons. The van der Waals surface area contributed by atoms with Crippen LogP contribution in [-0.2, 0) is 5.41 Å². The first-order valence-corrected chi connectivity index (χ1v) is 8.35. The Morgan fingerprint density at radius 1 is 0.885 bits per heavy atom. The fourth-order valence-electron chi connectivity index (χ4n) is 3.15. The van der Waals surface area contributed by atoms with Crippen LogP contribution in [0.3, 0.4) is 0 Å². The number of aromatic nitrogens is 4. The SMILES string of the molecule is CC(C)(C)c1ncc(-c2ccc3c4cnccc4n(C(F)F)c3c2)cn1. The predicted octanol–water partition coefficient (Wildman–Crippen LogP) is 5.34. The summed E-state index contributed by atoms with van der Waals surface area (Å²) in [6.07, 6.45) is 6.63. The van der Waals surface area contributed by atoms with Gasteiger partial charge in [-0.05, 0) is 17.7 Å². The number of pyridine rings is 1. The van der Waals surface area contributed by atoms with Crippen molar-refractivity contribution >= 4 is 21.8 Å². The number of fused-ring (bicyclic) bond motifs is 3. The van der Waals surface area contributed by atoms with E-state index in [1.807, 2.05) is 32.9 Å². The van der Waals surface area contributed by atoms with Crippen LogP contribution in [0.25, 0.3) is 32.9 Å². The Balaban J connectivity index is 1.90. The van der Waals surface area contributed by atoms with Crippen LogP contribution >= 0.6 is 0 Å². The molecule has 6 heteroatoms. The standard InChI is InChI=1S/C20H18F2N4/c1-20(2,3)18-24-9-13(10-25-18)12-4-5-14-15-11-23-7-6-16(15)26(19(21)22)17(14)8-12/h4-11,19H,1-3H3. The third-order valence-corrected chi connectivity index (χ3v) is 4.46. The van der Waals surface area contributed by atoms with Crippen molar-refractivity contribution in [3.63, 3.8) is 0 Å². The molecule has 1 aromatic carbocycles. The third-order valence-electron chi connectivity index (χ3n) is 4.46. The van der Waals surface area contributed by atoms with Gasteiger partial charge in [-0.25, -0.2) is 9.97 Å². The molecule has 3 aromatic heterocycles. The molecule has 0 atom stereocenters. The van der Waals surface area contributed by atoms with Gasteiger partial charge in [0.15, 0.2) is 0 Å². The molecule has 0 radical (unpaired) electrons. The Hall–Kier alpha value is -2.89. The van der Waals surface area contributed by atoms with E-state index in [2.05, 4.69) is 15.0 Å². The topological polar surface area (TPSA) is 43.6 Å². The van der Waals surface area contributed by atoms with Crippen molar-refractivity contribution in [3.05, 3.63) is 54.9 Å². The van der Waals surface area contributed by atoms with E-state index < -0.39 is 6.55 Å². The summed E-state index contributed by atoms with van der Waals surface area (Å²) in [4.78, 5) is 12.9. The molecule has 0 aliphatic carbocycles. The molecule has 4 aromatic rings. The van der Waals surface area contributed by atoms with E-state index in [4.69, 9.17) is 0 Å². The van der Waals surface area contributed by atoms with Crippen LogP contribution in [-0.4, -0.2) is 19.5 Å². The van der Waals surface area contributed by atoms with Crippen molar-refractivity contribution in [2.24, 2.45) is 0 Å². The number of nitrogens with zero attached hydrogens (tertiary/aromatic N) is 4. The Kier molecular flexibility index (Phi) is 3.72. The predicted molar refractivity (Wildman–Crippen MR) is 98.2 cm³/mol. The van der Waals surface area contributed by atoms with Crippen molar-refractivity contribution in [1.29, 1.82) is 0 Å². The van der Waals surface area contributed by atoms with Gasteiger partial charge in [0.1, 0.15) is 5.82 Å². The van der Waals surface area contributed by atoms with Crippen LogP contribution in [0.5, 0.6) is 0 Å². The number of halogens is 2. The van der Waals surface area contributed by atoms with E-state index in [0.717, 1.165) is 26.9 Å². The van der Waals surface area contributed by atoms with Gasteiger partial charge in [-0.2, -0.15) is 8.78 Å². The quantitative estimate of drug-likeness (QED) is 0.489. The highest BCUT2D eigenvalue weighted by molar-refractivity contribution is 6.08. The molecule has 26 heavy (non-hydrogen) atoms. The van der Waals surface area contributed by atoms with E-state index >= 15 is 0 Å². The van der Waals surface area contributed by atoms with E-state index in [-0.39, 0.29) is 5.41 Å². The summed E-state index contributed by atoms with van der Waals surface area (Å²) in [7, 11) is 0. The molecule has 0 fully saturated rings. The summed E-state index contributed by atoms with van der Waals surface area (Å²) in [5.41, 5.74) is 2.40. The van der Waals surface area contributed by atoms with E-state index in [1.54, 1.807) is 30.7 Å². The van der Waals surface area contributed by atoms with E-state index in [9.17, 15) is 8.78 Å². The van der Waals surface area contributed by atoms with Gasteiger partial charge in [-0.15, -0.1) is 0 Å². The Morgan fingerprint density at radius 3 is 2.27 bits per heavy atom. The lowest BCUT2D eigenvalue weighted by atomic mass is 9.95. The summed E-state index contributed by atoms with van der Waals surface area (Å²) in [6, 6.07) is 7.13. The van der Waals surface area contributed by atoms with Crippen LogP contribution in [0.2, 0.25) is 0 Å². The lowest BCUT2D eigenvalue weighted by Crippen LogP contribution is -2.15. The first-order valence-electron chi connectivity index (χ1n) is 8.35. The highest BCUT2D eigenvalue weighted by Gasteiger charge is 2.19. The van der Waals surface area contributed by atoms with Gasteiger partial charge in [-0.3, -0.25) is 9.55 Å². The van der Waals surface area contributed by atoms with Crippen molar-refractivity contribution in [3.8, 4) is 11.1 Å². The molecule has 0 spiro atoms. The first kappa shape index (κ1) is 16.6. The fraction of sp³-hybridized carbons (Fsp3) is 0.250. The van der Waals surface area contributed by atoms with Crippen LogP contribution < -0.4 is 0 Å². The summed E-state index contributed by atoms with van der Waals surface area (Å²) >= 11 is 0. The monoisotopic (exact) mass is 352 g/mol. The minimum Gasteiger partial charge on any atom is -0.284 e. The number of hydrogen-bond acceptors (Lipinski definition) is 3. The van der Waals surface area contributed by atoms with Crippen molar-refractivity contribution in [2.75, 3.05) is 0 Å². The van der Waals surface area contributed by atoms with Gasteiger partial charge in [0.2, 0.25) is 0 Å². The largest absolute Gasteiger partial charge is 0.319 e. The molecule has 0 amide bonds. The lowest BCUT2D eigenvalue weighted by molar-refractivity contribution is 0.0796. The molecule has 0 aliphatic heterocycles. The smallest absolute Gasteiger partial charge is 0.284 e. The summed E-state index contributed by atoms with van der Waals surface area (Å²) in [5.74, 6) is 0.745. The van der Waals surface area contributed by atoms with Gasteiger partial charge in [0.25, 0.3) is 0 Å². The van der Waals surface area contributed by atoms with Gasteiger partial charge in [0.05, 0.1) is 11.0 Å². The zero-order valence-corrected chi connectivity index (χ0v) is 14.7. The highest BCUT2D eigenvalue weighted by Crippen LogP contribution is 2.34. The second-order valence-electron chi connectivity index (χ2n) is 7.32. The summed E-state index contributed by atoms with van der Waals surface area (Å²) in [6.45, 7) is 3.50. The molecular formula is C20H18F2N4. The highest BCUT2D eigenvalue weighted by atomic mass is 19.3. The number of benzene rings is 1. The number of rotatable bonds is 2. The molecule has 4 rings (SSSR count). The maximum Gasteiger partial charge on any atom is 0.319 e. The molecule has 0 aliphatic rings. The van der Waals surface area contributed by atoms with Crippen molar-refractivity contribution in [1.82, 2.24) is 19.5 Å². The maximum atomic E-state index is 13.7. The third kappa shape index (κ3) is 2.62. The van der Waals surface area contributed by atoms with Gasteiger partial charge in [-0.1, -0.05) is 32.9 Å². The normalized spacial score (nSPS) is 12.4. The number of alkyl halides is 2.